The molecule has 188 valence electrons. The number of alkyl halides is 6. The first-order chi connectivity index (χ1) is 15.8. The molecule has 0 bridgehead atoms. The van der Waals surface area contributed by atoms with Crippen molar-refractivity contribution >= 4 is 33.6 Å². The number of hydrogen-bond donors (Lipinski definition) is 2. The van der Waals surface area contributed by atoms with E-state index < -0.39 is 55.0 Å². The predicted octanol–water partition coefficient (Wildman–Crippen LogP) is 4.24. The number of fused-ring (bicyclic) bond motifs is 1. The molecule has 8 nitrogen and oxygen atoms in total. The fraction of sp³-hybridized carbons (Fsp3) is 0.526. The van der Waals surface area contributed by atoms with Crippen molar-refractivity contribution in [2.24, 2.45) is 0 Å². The average Bonchev–Trinajstić information content (AvgIpc) is 3.12. The number of carbonyl (C=O) groups is 2. The van der Waals surface area contributed by atoms with Crippen LogP contribution in [0.25, 0.3) is 10.2 Å². The number of aromatic nitrogens is 1. The van der Waals surface area contributed by atoms with Gasteiger partial charge in [0.25, 0.3) is 5.91 Å². The Bertz CT molecular complexity index is 1050. The number of rotatable bonds is 7. The number of amides is 2. The van der Waals surface area contributed by atoms with Gasteiger partial charge in [-0.1, -0.05) is 0 Å². The third kappa shape index (κ3) is 6.40. The van der Waals surface area contributed by atoms with Gasteiger partial charge in [0, 0.05) is 31.3 Å². The van der Waals surface area contributed by atoms with Gasteiger partial charge < -0.3 is 20.1 Å². The highest BCUT2D eigenvalue weighted by molar-refractivity contribution is 7.17. The van der Waals surface area contributed by atoms with Gasteiger partial charge in [-0.2, -0.15) is 13.2 Å². The summed E-state index contributed by atoms with van der Waals surface area (Å²) in [6.45, 7) is 0.489. The van der Waals surface area contributed by atoms with Crippen LogP contribution in [0.3, 0.4) is 0 Å². The highest BCUT2D eigenvalue weighted by atomic mass is 32.1. The molecule has 1 saturated carbocycles. The lowest BCUT2D eigenvalue weighted by Crippen LogP contribution is -2.45. The van der Waals surface area contributed by atoms with Crippen LogP contribution in [0.2, 0.25) is 0 Å². The van der Waals surface area contributed by atoms with Gasteiger partial charge in [-0.3, -0.25) is 9.53 Å². The molecule has 2 N–H and O–H groups in total. The highest BCUT2D eigenvalue weighted by Gasteiger charge is 2.38. The number of halogens is 6. The van der Waals surface area contributed by atoms with Gasteiger partial charge in [-0.05, 0) is 6.92 Å². The summed E-state index contributed by atoms with van der Waals surface area (Å²) in [4.78, 5) is 27.8. The van der Waals surface area contributed by atoms with Crippen LogP contribution in [0.5, 0.6) is 5.88 Å². The summed E-state index contributed by atoms with van der Waals surface area (Å²) < 4.78 is 90.6. The number of thiophene rings is 1. The molecule has 0 unspecified atom stereocenters. The number of alkyl carbamates (subject to hydrolysis) is 1. The average molecular weight is 515 g/mol. The molecule has 0 saturated heterocycles. The molecule has 0 spiro atoms. The van der Waals surface area contributed by atoms with Crippen LogP contribution in [0, 0.1) is 0 Å². The van der Waals surface area contributed by atoms with Crippen LogP contribution >= 0.6 is 11.3 Å². The zero-order valence-corrected chi connectivity index (χ0v) is 18.5. The van der Waals surface area contributed by atoms with Gasteiger partial charge in [0.2, 0.25) is 5.88 Å². The number of nitrogens with zero attached hydrogens (tertiary/aromatic N) is 1. The first kappa shape index (κ1) is 25.8. The molecule has 1 fully saturated rings. The normalized spacial score (nSPS) is 19.3. The second-order valence-electron chi connectivity index (χ2n) is 7.45. The summed E-state index contributed by atoms with van der Waals surface area (Å²) >= 11 is 0.740. The topological polar surface area (TPSA) is 98.8 Å². The molecule has 34 heavy (non-hydrogen) atoms. The SMILES string of the molecule is CNC(=O)c1csc2c(C(F)(F)F)cc(O[C@H]3C[C@@H](OC(=O)N[C@@H](C)COC(F)(F)F)C3)nc12. The largest absolute Gasteiger partial charge is 0.522 e. The van der Waals surface area contributed by atoms with Crippen LogP contribution in [-0.2, 0) is 15.7 Å². The van der Waals surface area contributed by atoms with E-state index in [4.69, 9.17) is 9.47 Å². The Morgan fingerprint density at radius 3 is 2.47 bits per heavy atom. The van der Waals surface area contributed by atoms with Gasteiger partial charge in [0.05, 0.1) is 34.0 Å². The Balaban J connectivity index is 1.60. The number of nitrogens with one attached hydrogen (secondary N) is 2. The third-order valence-electron chi connectivity index (χ3n) is 4.75. The first-order valence-corrected chi connectivity index (χ1v) is 10.7. The maximum absolute atomic E-state index is 13.5. The Morgan fingerprint density at radius 1 is 1.21 bits per heavy atom. The van der Waals surface area contributed by atoms with Crippen molar-refractivity contribution in [3.63, 3.8) is 0 Å². The van der Waals surface area contributed by atoms with Crippen LogP contribution < -0.4 is 15.4 Å². The quantitative estimate of drug-likeness (QED) is 0.536. The summed E-state index contributed by atoms with van der Waals surface area (Å²) in [6, 6.07) is -0.228. The zero-order valence-electron chi connectivity index (χ0n) is 17.7. The fourth-order valence-corrected chi connectivity index (χ4v) is 4.10. The van der Waals surface area contributed by atoms with E-state index in [9.17, 15) is 35.9 Å². The second kappa shape index (κ2) is 9.82. The van der Waals surface area contributed by atoms with E-state index in [1.807, 2.05) is 0 Å². The van der Waals surface area contributed by atoms with Crippen molar-refractivity contribution in [2.45, 2.75) is 50.6 Å². The van der Waals surface area contributed by atoms with Crippen molar-refractivity contribution < 1.29 is 50.1 Å². The van der Waals surface area contributed by atoms with E-state index in [1.54, 1.807) is 0 Å². The van der Waals surface area contributed by atoms with Crippen LogP contribution in [0.1, 0.15) is 35.7 Å². The molecule has 1 aliphatic carbocycles. The maximum Gasteiger partial charge on any atom is 0.522 e. The van der Waals surface area contributed by atoms with E-state index in [2.05, 4.69) is 20.4 Å². The van der Waals surface area contributed by atoms with Gasteiger partial charge in [0.1, 0.15) is 12.2 Å². The minimum Gasteiger partial charge on any atom is -0.474 e. The summed E-state index contributed by atoms with van der Waals surface area (Å²) in [5, 5.41) is 5.80. The lowest BCUT2D eigenvalue weighted by atomic mass is 9.92. The van der Waals surface area contributed by atoms with Crippen molar-refractivity contribution in [3.8, 4) is 5.88 Å². The van der Waals surface area contributed by atoms with Crippen molar-refractivity contribution in [1.29, 1.82) is 0 Å². The lowest BCUT2D eigenvalue weighted by Gasteiger charge is -2.34. The molecular formula is C19H19F6N3O5S. The Morgan fingerprint density at radius 2 is 1.88 bits per heavy atom. The van der Waals surface area contributed by atoms with E-state index >= 15 is 0 Å². The molecule has 0 aliphatic heterocycles. The fourth-order valence-electron chi connectivity index (χ4n) is 3.08. The highest BCUT2D eigenvalue weighted by Crippen LogP contribution is 2.41. The smallest absolute Gasteiger partial charge is 0.474 e. The zero-order chi connectivity index (χ0) is 25.3. The summed E-state index contributed by atoms with van der Waals surface area (Å²) in [5.74, 6) is -0.934. The molecule has 2 aromatic heterocycles. The second-order valence-corrected chi connectivity index (χ2v) is 8.33. The summed E-state index contributed by atoms with van der Waals surface area (Å²) in [6.07, 6.45) is -11.5. The van der Waals surface area contributed by atoms with Crippen molar-refractivity contribution in [3.05, 3.63) is 22.6 Å². The number of pyridine rings is 1. The van der Waals surface area contributed by atoms with E-state index in [1.165, 1.54) is 19.4 Å². The first-order valence-electron chi connectivity index (χ1n) is 9.82. The monoisotopic (exact) mass is 515 g/mol. The van der Waals surface area contributed by atoms with E-state index in [-0.39, 0.29) is 34.5 Å². The minimum atomic E-state index is -4.83. The Labute approximate surface area is 192 Å². The van der Waals surface area contributed by atoms with Crippen LogP contribution in [0.4, 0.5) is 31.1 Å². The molecule has 0 radical (unpaired) electrons. The third-order valence-corrected chi connectivity index (χ3v) is 5.75. The number of ether oxygens (including phenoxy) is 3. The van der Waals surface area contributed by atoms with Gasteiger partial charge in [-0.25, -0.2) is 9.78 Å². The molecular weight excluding hydrogens is 496 g/mol. The molecule has 15 heteroatoms. The van der Waals surface area contributed by atoms with Crippen LogP contribution in [-0.4, -0.2) is 55.3 Å². The maximum atomic E-state index is 13.5. The molecule has 2 aromatic rings. The van der Waals surface area contributed by atoms with Gasteiger partial charge in [0.15, 0.2) is 0 Å². The standard InChI is InChI=1S/C19H19F6N3O5S/c1-8(6-31-19(23,24)25)27-17(30)33-10-3-9(4-10)32-13-5-12(18(20,21)22)15-14(28-13)11(7-34-15)16(29)26-2/h5,7-10H,3-4,6H2,1-2H3,(H,26,29)(H,27,30)/t8-,9-,10+/m0/s1. The Hall–Kier alpha value is -2.81. The van der Waals surface area contributed by atoms with Gasteiger partial charge >= 0.3 is 18.6 Å². The summed E-state index contributed by atoms with van der Waals surface area (Å²) in [5.41, 5.74) is -1.15. The van der Waals surface area contributed by atoms with Gasteiger partial charge in [-0.15, -0.1) is 24.5 Å². The van der Waals surface area contributed by atoms with Crippen LogP contribution in [0.15, 0.2) is 11.4 Å². The summed E-state index contributed by atoms with van der Waals surface area (Å²) in [7, 11) is 1.34. The molecule has 2 amide bonds. The Kier molecular flexibility index (Phi) is 7.45. The number of hydrogen-bond acceptors (Lipinski definition) is 7. The molecule has 1 atom stereocenters. The molecule has 1 aliphatic rings. The lowest BCUT2D eigenvalue weighted by molar-refractivity contribution is -0.326. The molecule has 3 rings (SSSR count). The van der Waals surface area contributed by atoms with E-state index in [0.717, 1.165) is 17.4 Å². The van der Waals surface area contributed by atoms with Crippen molar-refractivity contribution in [2.75, 3.05) is 13.7 Å². The number of carbonyl (C=O) groups excluding carboxylic acids is 2. The predicted molar refractivity (Wildman–Crippen MR) is 107 cm³/mol. The minimum absolute atomic E-state index is 0.0198. The molecule has 0 aromatic carbocycles. The van der Waals surface area contributed by atoms with E-state index in [0.29, 0.717) is 0 Å². The van der Waals surface area contributed by atoms with Crippen molar-refractivity contribution in [1.82, 2.24) is 15.6 Å². The molecule has 2 heterocycles.